The zero-order valence-corrected chi connectivity index (χ0v) is 10.3. The van der Waals surface area contributed by atoms with Gasteiger partial charge in [0, 0.05) is 4.88 Å². The van der Waals surface area contributed by atoms with Gasteiger partial charge in [-0.25, -0.2) is 0 Å². The highest BCUT2D eigenvalue weighted by Gasteiger charge is 2.04. The molecule has 0 saturated carbocycles. The Morgan fingerprint density at radius 3 is 2.75 bits per heavy atom. The molecular weight excluding hydrogens is 281 g/mol. The lowest BCUT2D eigenvalue weighted by Gasteiger charge is -1.95. The van der Waals surface area contributed by atoms with E-state index in [1.165, 1.54) is 10.4 Å². The molecule has 0 aliphatic heterocycles. The molecule has 0 spiro atoms. The second-order valence-electron chi connectivity index (χ2n) is 2.17. The zero-order chi connectivity index (χ0) is 8.27. The minimum absolute atomic E-state index is 0. The summed E-state index contributed by atoms with van der Waals surface area (Å²) in [6.45, 7) is 0.688. The van der Waals surface area contributed by atoms with Crippen molar-refractivity contribution in [1.29, 1.82) is 0 Å². The van der Waals surface area contributed by atoms with Crippen LogP contribution in [0.4, 0.5) is 0 Å². The first kappa shape index (κ1) is 12.7. The fourth-order valence-electron chi connectivity index (χ4n) is 0.910. The molecule has 0 aliphatic rings. The Hall–Kier alpha value is 0.720. The highest BCUT2D eigenvalue weighted by Crippen LogP contribution is 2.28. The van der Waals surface area contributed by atoms with Gasteiger partial charge in [0.1, 0.15) is 0 Å². The van der Waals surface area contributed by atoms with Crippen LogP contribution in [0.25, 0.3) is 0 Å². The lowest BCUT2D eigenvalue weighted by atomic mass is 10.2. The average Bonchev–Trinajstić information content (AvgIpc) is 2.32. The third-order valence-corrected chi connectivity index (χ3v) is 3.51. The monoisotopic (exact) mass is 289 g/mol. The van der Waals surface area contributed by atoms with Crippen molar-refractivity contribution in [3.63, 3.8) is 0 Å². The van der Waals surface area contributed by atoms with Gasteiger partial charge in [-0.1, -0.05) is 0 Å². The molecular formula is C7H10BrCl2NS. The van der Waals surface area contributed by atoms with Crippen LogP contribution in [-0.2, 0) is 12.3 Å². The van der Waals surface area contributed by atoms with Gasteiger partial charge in [0.05, 0.1) is 9.67 Å². The molecule has 0 atom stereocenters. The number of halogens is 3. The normalized spacial score (nSPS) is 9.58. The molecule has 0 radical (unpaired) electrons. The molecule has 5 heteroatoms. The van der Waals surface area contributed by atoms with Gasteiger partial charge in [-0.3, -0.25) is 0 Å². The smallest absolute Gasteiger partial charge is 0.0704 e. The predicted molar refractivity (Wildman–Crippen MR) is 61.6 cm³/mol. The lowest BCUT2D eigenvalue weighted by Crippen LogP contribution is -2.02. The van der Waals surface area contributed by atoms with Crippen LogP contribution < -0.4 is 5.73 Å². The van der Waals surface area contributed by atoms with Gasteiger partial charge in [0.25, 0.3) is 0 Å². The van der Waals surface area contributed by atoms with E-state index < -0.39 is 0 Å². The molecule has 0 saturated heterocycles. The van der Waals surface area contributed by atoms with Gasteiger partial charge < -0.3 is 5.73 Å². The quantitative estimate of drug-likeness (QED) is 0.850. The van der Waals surface area contributed by atoms with Gasteiger partial charge in [-0.2, -0.15) is 0 Å². The predicted octanol–water partition coefficient (Wildman–Crippen LogP) is 3.17. The summed E-state index contributed by atoms with van der Waals surface area (Å²) in [5.41, 5.74) is 6.72. The highest BCUT2D eigenvalue weighted by molar-refractivity contribution is 9.11. The first-order valence-corrected chi connectivity index (χ1v) is 5.45. The Labute approximate surface area is 95.8 Å². The molecule has 1 rings (SSSR count). The maximum Gasteiger partial charge on any atom is 0.0704 e. The fraction of sp³-hybridized carbons (Fsp3) is 0.429. The molecule has 70 valence electrons. The van der Waals surface area contributed by atoms with Crippen LogP contribution in [0.3, 0.4) is 0 Å². The molecule has 1 aromatic rings. The van der Waals surface area contributed by atoms with E-state index in [9.17, 15) is 0 Å². The number of nitrogens with two attached hydrogens (primary N) is 1. The molecule has 0 unspecified atom stereocenters. The summed E-state index contributed by atoms with van der Waals surface area (Å²) in [4.78, 5) is 1.23. The average molecular weight is 291 g/mol. The van der Waals surface area contributed by atoms with Crippen LogP contribution in [0, 0.1) is 0 Å². The molecule has 0 bridgehead atoms. The Bertz CT molecular complexity index is 239. The van der Waals surface area contributed by atoms with Crippen LogP contribution in [0.2, 0.25) is 0 Å². The summed E-state index contributed by atoms with van der Waals surface area (Å²) in [5, 5.41) is 0. The van der Waals surface area contributed by atoms with E-state index in [1.54, 1.807) is 11.3 Å². The number of thiophene rings is 1. The third-order valence-electron chi connectivity index (χ3n) is 1.40. The van der Waals surface area contributed by atoms with Crippen molar-refractivity contribution in [2.75, 3.05) is 6.54 Å². The summed E-state index contributed by atoms with van der Waals surface area (Å²) < 4.78 is 1.14. The Morgan fingerprint density at radius 1 is 1.58 bits per heavy atom. The molecule has 12 heavy (non-hydrogen) atoms. The first-order valence-electron chi connectivity index (χ1n) is 3.31. The third kappa shape index (κ3) is 3.23. The second-order valence-corrected chi connectivity index (χ2v) is 4.95. The van der Waals surface area contributed by atoms with E-state index in [0.29, 0.717) is 12.4 Å². The van der Waals surface area contributed by atoms with Crippen molar-refractivity contribution in [3.05, 3.63) is 20.3 Å². The zero-order valence-electron chi connectivity index (χ0n) is 6.35. The van der Waals surface area contributed by atoms with Crippen LogP contribution in [0.5, 0.6) is 0 Å². The number of rotatable bonds is 3. The summed E-state index contributed by atoms with van der Waals surface area (Å²) in [7, 11) is 0. The number of hydrogen-bond donors (Lipinski definition) is 1. The van der Waals surface area contributed by atoms with Gasteiger partial charge in [0.2, 0.25) is 0 Å². The van der Waals surface area contributed by atoms with Crippen LogP contribution in [0.15, 0.2) is 9.85 Å². The number of hydrogen-bond acceptors (Lipinski definition) is 2. The van der Waals surface area contributed by atoms with Crippen molar-refractivity contribution in [3.8, 4) is 0 Å². The van der Waals surface area contributed by atoms with Crippen LogP contribution in [0.1, 0.15) is 10.4 Å². The van der Waals surface area contributed by atoms with Gasteiger partial charge in [0.15, 0.2) is 0 Å². The minimum Gasteiger partial charge on any atom is -0.330 e. The molecule has 1 aromatic heterocycles. The van der Waals surface area contributed by atoms with Crippen molar-refractivity contribution in [2.24, 2.45) is 5.73 Å². The van der Waals surface area contributed by atoms with Crippen molar-refractivity contribution in [2.45, 2.75) is 12.3 Å². The molecule has 0 aliphatic carbocycles. The molecule has 1 nitrogen and oxygen atoms in total. The SMILES string of the molecule is Cl.NCCc1cc(Br)sc1CCl. The Balaban J connectivity index is 0.00000121. The maximum atomic E-state index is 5.73. The summed E-state index contributed by atoms with van der Waals surface area (Å²) >= 11 is 10.8. The minimum atomic E-state index is 0. The Morgan fingerprint density at radius 2 is 2.25 bits per heavy atom. The Kier molecular flexibility index (Phi) is 6.59. The topological polar surface area (TPSA) is 26.0 Å². The van der Waals surface area contributed by atoms with Crippen LogP contribution in [-0.4, -0.2) is 6.54 Å². The molecule has 0 amide bonds. The fourth-order valence-corrected chi connectivity index (χ4v) is 2.89. The van der Waals surface area contributed by atoms with E-state index in [2.05, 4.69) is 22.0 Å². The molecule has 0 aromatic carbocycles. The second kappa shape index (κ2) is 6.22. The lowest BCUT2D eigenvalue weighted by molar-refractivity contribution is 0.964. The maximum absolute atomic E-state index is 5.73. The largest absolute Gasteiger partial charge is 0.330 e. The molecule has 1 heterocycles. The summed E-state index contributed by atoms with van der Waals surface area (Å²) in [6.07, 6.45) is 0.921. The summed E-state index contributed by atoms with van der Waals surface area (Å²) in [5.74, 6) is 0.589. The van der Waals surface area contributed by atoms with E-state index in [4.69, 9.17) is 17.3 Å². The standard InChI is InChI=1S/C7H9BrClNS.ClH/c8-7-3-5(1-2-10)6(4-9)11-7;/h3H,1-2,4,10H2;1H. The highest BCUT2D eigenvalue weighted by atomic mass is 79.9. The van der Waals surface area contributed by atoms with Crippen molar-refractivity contribution >= 4 is 51.3 Å². The number of alkyl halides is 1. The molecule has 2 N–H and O–H groups in total. The van der Waals surface area contributed by atoms with E-state index >= 15 is 0 Å². The van der Waals surface area contributed by atoms with Gasteiger partial charge in [-0.15, -0.1) is 35.3 Å². The van der Waals surface area contributed by atoms with E-state index in [-0.39, 0.29) is 12.4 Å². The van der Waals surface area contributed by atoms with Crippen molar-refractivity contribution < 1.29 is 0 Å². The van der Waals surface area contributed by atoms with Gasteiger partial charge in [-0.05, 0) is 40.5 Å². The summed E-state index contributed by atoms with van der Waals surface area (Å²) in [6, 6.07) is 2.09. The van der Waals surface area contributed by atoms with E-state index in [1.807, 2.05) is 0 Å². The first-order chi connectivity index (χ1) is 5.27. The van der Waals surface area contributed by atoms with Gasteiger partial charge >= 0.3 is 0 Å². The van der Waals surface area contributed by atoms with Crippen molar-refractivity contribution in [1.82, 2.24) is 0 Å². The van der Waals surface area contributed by atoms with Crippen LogP contribution >= 0.6 is 51.3 Å². The van der Waals surface area contributed by atoms with E-state index in [0.717, 1.165) is 10.2 Å². The molecule has 0 fully saturated rings.